The van der Waals surface area contributed by atoms with Gasteiger partial charge in [-0.15, -0.1) is 0 Å². The summed E-state index contributed by atoms with van der Waals surface area (Å²) in [6.07, 6.45) is 2.97. The number of carbonyl (C=O) groups is 1. The molecule has 0 amide bonds. The molecule has 0 unspecified atom stereocenters. The number of hydrogen-bond donors (Lipinski definition) is 1. The number of carboxylic acids is 1. The molecular formula is C14H14N2O4S. The predicted molar refractivity (Wildman–Crippen MR) is 78.0 cm³/mol. The van der Waals surface area contributed by atoms with Crippen molar-refractivity contribution in [2.24, 2.45) is 0 Å². The molecule has 1 aromatic heterocycles. The average Bonchev–Trinajstić information content (AvgIpc) is 2.47. The number of hydrogen-bond acceptors (Lipinski definition) is 4. The molecule has 1 aromatic carbocycles. The fourth-order valence-corrected chi connectivity index (χ4v) is 3.38. The van der Waals surface area contributed by atoms with E-state index in [4.69, 9.17) is 5.11 Å². The van der Waals surface area contributed by atoms with E-state index in [1.165, 1.54) is 38.4 Å². The van der Waals surface area contributed by atoms with E-state index in [-0.39, 0.29) is 16.0 Å². The molecule has 1 heterocycles. The summed E-state index contributed by atoms with van der Waals surface area (Å²) in [7, 11) is -2.45. The summed E-state index contributed by atoms with van der Waals surface area (Å²) in [4.78, 5) is 15.0. The SMILES string of the molecule is Cc1c(C(=O)O)cccc1S(=O)(=O)N(C)c1cccnc1. The third-order valence-electron chi connectivity index (χ3n) is 3.16. The summed E-state index contributed by atoms with van der Waals surface area (Å²) in [5.74, 6) is -1.16. The summed E-state index contributed by atoms with van der Waals surface area (Å²) in [6, 6.07) is 7.42. The first-order valence-corrected chi connectivity index (χ1v) is 7.51. The average molecular weight is 306 g/mol. The second-order valence-corrected chi connectivity index (χ2v) is 6.36. The van der Waals surface area contributed by atoms with Crippen molar-refractivity contribution >= 4 is 21.7 Å². The Morgan fingerprint density at radius 1 is 1.24 bits per heavy atom. The standard InChI is InChI=1S/C14H14N2O4S/c1-10-12(14(17)18)6-3-7-13(10)21(19,20)16(2)11-5-4-8-15-9-11/h3-9H,1-2H3,(H,17,18). The number of pyridine rings is 1. The zero-order valence-electron chi connectivity index (χ0n) is 11.5. The van der Waals surface area contributed by atoms with Crippen molar-refractivity contribution in [3.63, 3.8) is 0 Å². The van der Waals surface area contributed by atoms with E-state index in [0.29, 0.717) is 5.69 Å². The molecule has 6 nitrogen and oxygen atoms in total. The van der Waals surface area contributed by atoms with Crippen LogP contribution in [-0.2, 0) is 10.0 Å². The monoisotopic (exact) mass is 306 g/mol. The van der Waals surface area contributed by atoms with Gasteiger partial charge in [-0.1, -0.05) is 6.07 Å². The van der Waals surface area contributed by atoms with Gasteiger partial charge in [-0.25, -0.2) is 13.2 Å². The molecule has 0 aliphatic rings. The van der Waals surface area contributed by atoms with Crippen molar-refractivity contribution in [1.29, 1.82) is 0 Å². The quantitative estimate of drug-likeness (QED) is 0.932. The number of rotatable bonds is 4. The molecule has 0 saturated carbocycles. The number of anilines is 1. The molecule has 110 valence electrons. The Bertz CT molecular complexity index is 773. The molecule has 0 aliphatic carbocycles. The summed E-state index contributed by atoms with van der Waals surface area (Å²) in [5, 5.41) is 9.09. The fraction of sp³-hybridized carbons (Fsp3) is 0.143. The van der Waals surface area contributed by atoms with E-state index in [1.54, 1.807) is 18.3 Å². The maximum Gasteiger partial charge on any atom is 0.335 e. The molecule has 2 aromatic rings. The van der Waals surface area contributed by atoms with E-state index in [0.717, 1.165) is 4.31 Å². The maximum atomic E-state index is 12.6. The van der Waals surface area contributed by atoms with E-state index in [9.17, 15) is 13.2 Å². The zero-order valence-corrected chi connectivity index (χ0v) is 12.3. The van der Waals surface area contributed by atoms with Crippen molar-refractivity contribution in [3.8, 4) is 0 Å². The highest BCUT2D eigenvalue weighted by Crippen LogP contribution is 2.25. The Kier molecular flexibility index (Phi) is 3.95. The summed E-state index contributed by atoms with van der Waals surface area (Å²) >= 11 is 0. The van der Waals surface area contributed by atoms with Crippen LogP contribution in [0.1, 0.15) is 15.9 Å². The van der Waals surface area contributed by atoms with Crippen LogP contribution >= 0.6 is 0 Å². The number of aromatic carboxylic acids is 1. The molecular weight excluding hydrogens is 292 g/mol. The minimum absolute atomic E-state index is 0.0318. The normalized spacial score (nSPS) is 11.1. The van der Waals surface area contributed by atoms with Crippen molar-refractivity contribution in [3.05, 3.63) is 53.9 Å². The minimum Gasteiger partial charge on any atom is -0.478 e. The molecule has 7 heteroatoms. The van der Waals surface area contributed by atoms with Crippen LogP contribution in [0.15, 0.2) is 47.6 Å². The lowest BCUT2D eigenvalue weighted by Crippen LogP contribution is -2.27. The Morgan fingerprint density at radius 3 is 2.52 bits per heavy atom. The molecule has 0 saturated heterocycles. The second kappa shape index (κ2) is 5.53. The second-order valence-electron chi connectivity index (χ2n) is 4.42. The number of carboxylic acid groups (broad SMARTS) is 1. The van der Waals surface area contributed by atoms with Gasteiger partial charge in [0.05, 0.1) is 22.3 Å². The summed E-state index contributed by atoms with van der Waals surface area (Å²) < 4.78 is 26.3. The number of sulfonamides is 1. The first kappa shape index (κ1) is 15.0. The molecule has 0 radical (unpaired) electrons. The van der Waals surface area contributed by atoms with Crippen LogP contribution in [-0.4, -0.2) is 31.5 Å². The first-order chi connectivity index (χ1) is 9.85. The van der Waals surface area contributed by atoms with Gasteiger partial charge in [0.1, 0.15) is 0 Å². The number of benzene rings is 1. The summed E-state index contributed by atoms with van der Waals surface area (Å²) in [5.41, 5.74) is 0.578. The molecule has 0 spiro atoms. The summed E-state index contributed by atoms with van der Waals surface area (Å²) in [6.45, 7) is 1.48. The lowest BCUT2D eigenvalue weighted by Gasteiger charge is -2.20. The molecule has 1 N–H and O–H groups in total. The number of aromatic nitrogens is 1. The fourth-order valence-electron chi connectivity index (χ4n) is 1.95. The van der Waals surface area contributed by atoms with Crippen LogP contribution in [0.3, 0.4) is 0 Å². The van der Waals surface area contributed by atoms with Gasteiger partial charge in [-0.2, -0.15) is 0 Å². The smallest absolute Gasteiger partial charge is 0.335 e. The first-order valence-electron chi connectivity index (χ1n) is 6.07. The van der Waals surface area contributed by atoms with Gasteiger partial charge >= 0.3 is 5.97 Å². The van der Waals surface area contributed by atoms with Gasteiger partial charge in [-0.3, -0.25) is 9.29 Å². The van der Waals surface area contributed by atoms with E-state index in [2.05, 4.69) is 4.98 Å². The molecule has 0 atom stereocenters. The Hall–Kier alpha value is -2.41. The maximum absolute atomic E-state index is 12.6. The van der Waals surface area contributed by atoms with Gasteiger partial charge in [0.25, 0.3) is 10.0 Å². The van der Waals surface area contributed by atoms with E-state index < -0.39 is 16.0 Å². The van der Waals surface area contributed by atoms with Gasteiger partial charge < -0.3 is 5.11 Å². The lowest BCUT2D eigenvalue weighted by atomic mass is 10.1. The van der Waals surface area contributed by atoms with Gasteiger partial charge in [0, 0.05) is 13.2 Å². The highest BCUT2D eigenvalue weighted by molar-refractivity contribution is 7.92. The predicted octanol–water partition coefficient (Wildman–Crippen LogP) is 1.91. The lowest BCUT2D eigenvalue weighted by molar-refractivity contribution is 0.0696. The third-order valence-corrected chi connectivity index (χ3v) is 5.09. The Balaban J connectivity index is 2.55. The molecule has 0 aliphatic heterocycles. The van der Waals surface area contributed by atoms with Crippen LogP contribution in [0.4, 0.5) is 5.69 Å². The van der Waals surface area contributed by atoms with Crippen molar-refractivity contribution < 1.29 is 18.3 Å². The third kappa shape index (κ3) is 2.73. The largest absolute Gasteiger partial charge is 0.478 e. The molecule has 21 heavy (non-hydrogen) atoms. The van der Waals surface area contributed by atoms with E-state index >= 15 is 0 Å². The van der Waals surface area contributed by atoms with Crippen molar-refractivity contribution in [2.75, 3.05) is 11.4 Å². The molecule has 0 bridgehead atoms. The number of nitrogens with zero attached hydrogens (tertiary/aromatic N) is 2. The van der Waals surface area contributed by atoms with Crippen LogP contribution in [0.5, 0.6) is 0 Å². The molecule has 0 fully saturated rings. The van der Waals surface area contributed by atoms with Crippen LogP contribution < -0.4 is 4.31 Å². The van der Waals surface area contributed by atoms with Crippen LogP contribution in [0.2, 0.25) is 0 Å². The Labute approximate surface area is 122 Å². The topological polar surface area (TPSA) is 87.6 Å². The van der Waals surface area contributed by atoms with E-state index in [1.807, 2.05) is 0 Å². The van der Waals surface area contributed by atoms with Gasteiger partial charge in [-0.05, 0) is 36.8 Å². The highest BCUT2D eigenvalue weighted by atomic mass is 32.2. The van der Waals surface area contributed by atoms with Gasteiger partial charge in [0.15, 0.2) is 0 Å². The van der Waals surface area contributed by atoms with Crippen LogP contribution in [0, 0.1) is 6.92 Å². The highest BCUT2D eigenvalue weighted by Gasteiger charge is 2.25. The van der Waals surface area contributed by atoms with Gasteiger partial charge in [0.2, 0.25) is 0 Å². The van der Waals surface area contributed by atoms with Crippen molar-refractivity contribution in [1.82, 2.24) is 4.98 Å². The Morgan fingerprint density at radius 2 is 1.95 bits per heavy atom. The minimum atomic E-state index is -3.85. The zero-order chi connectivity index (χ0) is 15.6. The van der Waals surface area contributed by atoms with Crippen molar-refractivity contribution in [2.45, 2.75) is 11.8 Å². The van der Waals surface area contributed by atoms with Crippen LogP contribution in [0.25, 0.3) is 0 Å². The molecule has 2 rings (SSSR count).